The van der Waals surface area contributed by atoms with Crippen LogP contribution in [0.2, 0.25) is 5.02 Å². The molecule has 8 heteroatoms. The van der Waals surface area contributed by atoms with Crippen molar-refractivity contribution in [3.8, 4) is 5.75 Å². The molecule has 4 rings (SSSR count). The average Bonchev–Trinajstić information content (AvgIpc) is 2.84. The second-order valence-electron chi connectivity index (χ2n) is 9.90. The van der Waals surface area contributed by atoms with E-state index in [0.717, 1.165) is 17.2 Å². The molecule has 1 unspecified atom stereocenters. The number of benzene rings is 3. The molecule has 0 amide bonds. The highest BCUT2D eigenvalue weighted by Gasteiger charge is 2.27. The van der Waals surface area contributed by atoms with Crippen molar-refractivity contribution in [1.82, 2.24) is 5.32 Å². The molecule has 0 radical (unpaired) electrons. The summed E-state index contributed by atoms with van der Waals surface area (Å²) < 4.78 is 33.4. The fraction of sp³-hybridized carbons (Fsp3) is 0.241. The van der Waals surface area contributed by atoms with Crippen molar-refractivity contribution in [3.05, 3.63) is 121 Å². The molecular weight excluding hydrogens is 498 g/mol. The molecule has 0 aliphatic heterocycles. The molecule has 192 valence electrons. The normalized spacial score (nSPS) is 13.4. The minimum atomic E-state index is -0.662. The van der Waals surface area contributed by atoms with Crippen molar-refractivity contribution in [2.24, 2.45) is 0 Å². The molecule has 0 heterocycles. The van der Waals surface area contributed by atoms with Crippen molar-refractivity contribution in [2.45, 2.75) is 45.4 Å². The van der Waals surface area contributed by atoms with E-state index in [1.54, 1.807) is 39.0 Å². The summed E-state index contributed by atoms with van der Waals surface area (Å²) in [5.41, 5.74) is 0.883. The molecule has 37 heavy (non-hydrogen) atoms. The van der Waals surface area contributed by atoms with Crippen molar-refractivity contribution in [1.29, 1.82) is 0 Å². The van der Waals surface area contributed by atoms with E-state index in [9.17, 15) is 18.4 Å². The van der Waals surface area contributed by atoms with E-state index in [-0.39, 0.29) is 11.4 Å². The van der Waals surface area contributed by atoms with Gasteiger partial charge in [-0.1, -0.05) is 35.9 Å². The Balaban J connectivity index is 1.67. The van der Waals surface area contributed by atoms with Crippen LogP contribution < -0.4 is 26.2 Å². The predicted molar refractivity (Wildman–Crippen MR) is 143 cm³/mol. The van der Waals surface area contributed by atoms with Crippen LogP contribution >= 0.6 is 11.6 Å². The summed E-state index contributed by atoms with van der Waals surface area (Å²) in [7, 11) is 0. The molecule has 0 saturated carbocycles. The number of ether oxygens (including phenoxy) is 1. The molecule has 2 N–H and O–H groups in total. The SMILES string of the molecule is C[C@@H](NC(c1ccc(Cl)cc1)c1cccc(Nc2c(OC(C)(C)C)c(=O)c2=O)c1)c1cc(F)cc(F)c1. The maximum absolute atomic E-state index is 13.9. The Kier molecular flexibility index (Phi) is 7.48. The third kappa shape index (κ3) is 6.24. The maximum Gasteiger partial charge on any atom is 0.272 e. The summed E-state index contributed by atoms with van der Waals surface area (Å²) in [6.45, 7) is 7.20. The van der Waals surface area contributed by atoms with E-state index in [1.807, 2.05) is 37.3 Å². The Morgan fingerprint density at radius 3 is 2.11 bits per heavy atom. The van der Waals surface area contributed by atoms with Gasteiger partial charge in [-0.3, -0.25) is 14.9 Å². The minimum Gasteiger partial charge on any atom is -0.482 e. The van der Waals surface area contributed by atoms with E-state index >= 15 is 0 Å². The molecule has 0 spiro atoms. The van der Waals surface area contributed by atoms with Gasteiger partial charge >= 0.3 is 0 Å². The summed E-state index contributed by atoms with van der Waals surface area (Å²) in [5, 5.41) is 7.04. The van der Waals surface area contributed by atoms with Gasteiger partial charge in [-0.2, -0.15) is 0 Å². The molecule has 0 fully saturated rings. The Morgan fingerprint density at radius 1 is 0.838 bits per heavy atom. The van der Waals surface area contributed by atoms with Gasteiger partial charge in [-0.15, -0.1) is 0 Å². The largest absolute Gasteiger partial charge is 0.482 e. The fourth-order valence-corrected chi connectivity index (χ4v) is 4.17. The Morgan fingerprint density at radius 2 is 1.49 bits per heavy atom. The van der Waals surface area contributed by atoms with Gasteiger partial charge in [0.2, 0.25) is 0 Å². The van der Waals surface area contributed by atoms with Crippen LogP contribution in [0.25, 0.3) is 0 Å². The van der Waals surface area contributed by atoms with Gasteiger partial charge in [0.15, 0.2) is 5.75 Å². The number of nitrogens with one attached hydrogen (secondary N) is 2. The Bertz CT molecular complexity index is 1470. The summed E-state index contributed by atoms with van der Waals surface area (Å²) >= 11 is 6.10. The van der Waals surface area contributed by atoms with Gasteiger partial charge in [0.25, 0.3) is 10.9 Å². The molecule has 2 atom stereocenters. The second kappa shape index (κ2) is 10.4. The lowest BCUT2D eigenvalue weighted by atomic mass is 9.96. The quantitative estimate of drug-likeness (QED) is 0.255. The summed E-state index contributed by atoms with van der Waals surface area (Å²) in [5.74, 6) is -1.30. The lowest BCUT2D eigenvalue weighted by Crippen LogP contribution is -2.39. The van der Waals surface area contributed by atoms with Crippen LogP contribution in [-0.2, 0) is 0 Å². The van der Waals surface area contributed by atoms with Gasteiger partial charge in [0.05, 0.1) is 6.04 Å². The van der Waals surface area contributed by atoms with Gasteiger partial charge in [0, 0.05) is 22.8 Å². The molecular formula is C29H27ClF2N2O3. The standard InChI is InChI=1S/C29H27ClF2N2O3/c1-16(19-12-21(31)15-22(32)13-19)33-24(17-8-10-20(30)11-9-17)18-6-5-7-23(14-18)34-25-26(35)27(36)28(25)37-29(2,3)4/h5-16,24,33-34H,1-4H3/t16-,24?/m1/s1. The number of halogens is 3. The second-order valence-corrected chi connectivity index (χ2v) is 10.3. The highest BCUT2D eigenvalue weighted by atomic mass is 35.5. The average molecular weight is 525 g/mol. The summed E-state index contributed by atoms with van der Waals surface area (Å²) in [4.78, 5) is 24.3. The molecule has 0 aliphatic rings. The zero-order valence-electron chi connectivity index (χ0n) is 20.9. The van der Waals surface area contributed by atoms with Crippen LogP contribution in [0.15, 0.2) is 76.3 Å². The zero-order chi connectivity index (χ0) is 26.9. The highest BCUT2D eigenvalue weighted by Crippen LogP contribution is 2.31. The first-order chi connectivity index (χ1) is 17.4. The van der Waals surface area contributed by atoms with Crippen molar-refractivity contribution in [3.63, 3.8) is 0 Å². The van der Waals surface area contributed by atoms with Crippen LogP contribution in [0.4, 0.5) is 20.2 Å². The zero-order valence-corrected chi connectivity index (χ0v) is 21.6. The first-order valence-electron chi connectivity index (χ1n) is 11.8. The van der Waals surface area contributed by atoms with E-state index in [4.69, 9.17) is 16.3 Å². The Hall–Kier alpha value is -3.55. The van der Waals surface area contributed by atoms with Crippen LogP contribution in [0.1, 0.15) is 56.5 Å². The van der Waals surface area contributed by atoms with E-state index in [0.29, 0.717) is 16.3 Å². The smallest absolute Gasteiger partial charge is 0.272 e. The van der Waals surface area contributed by atoms with Gasteiger partial charge in [0.1, 0.15) is 22.9 Å². The van der Waals surface area contributed by atoms with E-state index < -0.39 is 40.2 Å². The molecule has 0 aliphatic carbocycles. The van der Waals surface area contributed by atoms with Crippen molar-refractivity contribution >= 4 is 23.0 Å². The van der Waals surface area contributed by atoms with Gasteiger partial charge < -0.3 is 10.1 Å². The first kappa shape index (κ1) is 26.5. The molecule has 4 aromatic carbocycles. The molecule has 0 aromatic heterocycles. The fourth-order valence-electron chi connectivity index (χ4n) is 4.04. The minimum absolute atomic E-state index is 0.0111. The number of hydrogen-bond acceptors (Lipinski definition) is 5. The molecule has 0 bridgehead atoms. The van der Waals surface area contributed by atoms with E-state index in [2.05, 4.69) is 10.6 Å². The van der Waals surface area contributed by atoms with Crippen LogP contribution in [0, 0.1) is 11.6 Å². The summed E-state index contributed by atoms with van der Waals surface area (Å²) in [6.07, 6.45) is 0. The lowest BCUT2D eigenvalue weighted by molar-refractivity contribution is 0.128. The maximum atomic E-state index is 13.9. The summed E-state index contributed by atoms with van der Waals surface area (Å²) in [6, 6.07) is 17.2. The first-order valence-corrected chi connectivity index (χ1v) is 12.2. The monoisotopic (exact) mass is 524 g/mol. The molecule has 4 aromatic rings. The highest BCUT2D eigenvalue weighted by molar-refractivity contribution is 6.30. The van der Waals surface area contributed by atoms with Crippen LogP contribution in [0.5, 0.6) is 5.75 Å². The third-order valence-corrected chi connectivity index (χ3v) is 6.02. The van der Waals surface area contributed by atoms with Gasteiger partial charge in [-0.25, -0.2) is 8.78 Å². The van der Waals surface area contributed by atoms with Crippen LogP contribution in [0.3, 0.4) is 0 Å². The number of rotatable bonds is 8. The van der Waals surface area contributed by atoms with Crippen LogP contribution in [-0.4, -0.2) is 5.60 Å². The van der Waals surface area contributed by atoms with E-state index in [1.165, 1.54) is 12.1 Å². The topological polar surface area (TPSA) is 67.4 Å². The van der Waals surface area contributed by atoms with Crippen molar-refractivity contribution < 1.29 is 13.5 Å². The number of hydrogen-bond donors (Lipinski definition) is 2. The predicted octanol–water partition coefficient (Wildman–Crippen LogP) is 6.58. The Labute approximate surface area is 218 Å². The third-order valence-electron chi connectivity index (χ3n) is 5.77. The lowest BCUT2D eigenvalue weighted by Gasteiger charge is -2.26. The van der Waals surface area contributed by atoms with Gasteiger partial charge in [-0.05, 0) is 80.8 Å². The number of anilines is 2. The van der Waals surface area contributed by atoms with Crippen molar-refractivity contribution in [2.75, 3.05) is 5.32 Å². The molecule has 0 saturated heterocycles. The molecule has 5 nitrogen and oxygen atoms in total.